The van der Waals surface area contributed by atoms with Crippen LogP contribution < -0.4 is 5.32 Å². The largest absolute Gasteiger partial charge is 0.330 e. The van der Waals surface area contributed by atoms with Crippen LogP contribution in [-0.4, -0.2) is 24.3 Å². The van der Waals surface area contributed by atoms with Gasteiger partial charge in [-0.15, -0.1) is 0 Å². The van der Waals surface area contributed by atoms with Crippen LogP contribution in [0.4, 0.5) is 0 Å². The molecule has 6 heteroatoms. The normalized spacial score (nSPS) is 13.1. The fraction of sp³-hybridized carbons (Fsp3) is 0.471. The van der Waals surface area contributed by atoms with E-state index in [1.165, 1.54) is 0 Å². The zero-order chi connectivity index (χ0) is 16.4. The van der Waals surface area contributed by atoms with Crippen LogP contribution in [-0.2, 0) is 20.1 Å². The highest BCUT2D eigenvalue weighted by atomic mass is 15.3. The lowest BCUT2D eigenvalue weighted by Crippen LogP contribution is -2.24. The van der Waals surface area contributed by atoms with Gasteiger partial charge in [-0.05, 0) is 25.0 Å². The molecule has 1 atom stereocenters. The summed E-state index contributed by atoms with van der Waals surface area (Å²) < 4.78 is 4.12. The van der Waals surface area contributed by atoms with E-state index in [1.54, 1.807) is 6.33 Å². The second kappa shape index (κ2) is 6.50. The van der Waals surface area contributed by atoms with Crippen molar-refractivity contribution < 1.29 is 0 Å². The number of imidazole rings is 1. The highest BCUT2D eigenvalue weighted by Gasteiger charge is 2.15. The van der Waals surface area contributed by atoms with Gasteiger partial charge in [0.1, 0.15) is 18.0 Å². The average molecular weight is 312 g/mol. The predicted octanol–water partition coefficient (Wildman–Crippen LogP) is 2.67. The molecule has 0 fully saturated rings. The van der Waals surface area contributed by atoms with Gasteiger partial charge in [0.25, 0.3) is 0 Å². The number of benzene rings is 1. The minimum absolute atomic E-state index is 0.136. The molecule has 0 saturated heterocycles. The summed E-state index contributed by atoms with van der Waals surface area (Å²) in [5.41, 5.74) is 2.18. The molecule has 1 aromatic carbocycles. The molecule has 0 bridgehead atoms. The Balaban J connectivity index is 1.73. The highest BCUT2D eigenvalue weighted by Crippen LogP contribution is 2.19. The fourth-order valence-electron chi connectivity index (χ4n) is 2.81. The minimum atomic E-state index is 0.136. The van der Waals surface area contributed by atoms with Crippen molar-refractivity contribution in [2.24, 2.45) is 13.0 Å². The molecule has 3 aromatic rings. The first-order valence-corrected chi connectivity index (χ1v) is 8.07. The summed E-state index contributed by atoms with van der Waals surface area (Å²) in [5.74, 6) is 2.54. The molecule has 23 heavy (non-hydrogen) atoms. The first-order chi connectivity index (χ1) is 11.1. The van der Waals surface area contributed by atoms with Gasteiger partial charge in [-0.25, -0.2) is 14.6 Å². The van der Waals surface area contributed by atoms with Gasteiger partial charge >= 0.3 is 0 Å². The maximum absolute atomic E-state index is 4.74. The number of nitrogens with zero attached hydrogens (tertiary/aromatic N) is 5. The Labute approximate surface area is 136 Å². The van der Waals surface area contributed by atoms with E-state index in [2.05, 4.69) is 53.9 Å². The van der Waals surface area contributed by atoms with Crippen LogP contribution in [0.25, 0.3) is 11.0 Å². The summed E-state index contributed by atoms with van der Waals surface area (Å²) in [7, 11) is 2.06. The Morgan fingerprint density at radius 2 is 1.96 bits per heavy atom. The highest BCUT2D eigenvalue weighted by molar-refractivity contribution is 5.75. The second-order valence-electron chi connectivity index (χ2n) is 6.37. The first kappa shape index (κ1) is 15.7. The zero-order valence-electron chi connectivity index (χ0n) is 14.2. The molecule has 0 amide bonds. The van der Waals surface area contributed by atoms with Crippen molar-refractivity contribution in [2.75, 3.05) is 0 Å². The average Bonchev–Trinajstić information content (AvgIpc) is 3.09. The van der Waals surface area contributed by atoms with Crippen molar-refractivity contribution in [3.8, 4) is 0 Å². The van der Waals surface area contributed by atoms with E-state index in [9.17, 15) is 0 Å². The Kier molecular flexibility index (Phi) is 4.43. The summed E-state index contributed by atoms with van der Waals surface area (Å²) in [5, 5.41) is 7.81. The van der Waals surface area contributed by atoms with E-state index in [0.717, 1.165) is 29.2 Å². The van der Waals surface area contributed by atoms with Crippen LogP contribution in [0.3, 0.4) is 0 Å². The summed E-state index contributed by atoms with van der Waals surface area (Å²) in [6.45, 7) is 8.06. The lowest BCUT2D eigenvalue weighted by atomic mass is 10.2. The Morgan fingerprint density at radius 1 is 1.17 bits per heavy atom. The molecule has 0 aliphatic carbocycles. The Hall–Kier alpha value is -2.21. The summed E-state index contributed by atoms with van der Waals surface area (Å²) in [6, 6.07) is 8.34. The van der Waals surface area contributed by atoms with E-state index in [0.29, 0.717) is 12.5 Å². The third kappa shape index (κ3) is 3.27. The lowest BCUT2D eigenvalue weighted by molar-refractivity contribution is 0.444. The van der Waals surface area contributed by atoms with Crippen molar-refractivity contribution in [1.82, 2.24) is 29.6 Å². The van der Waals surface area contributed by atoms with Crippen LogP contribution in [0.15, 0.2) is 30.6 Å². The number of fused-ring (bicyclic) bond motifs is 1. The third-order valence-corrected chi connectivity index (χ3v) is 4.01. The molecule has 1 N–H and O–H groups in total. The van der Waals surface area contributed by atoms with Crippen LogP contribution in [0, 0.1) is 5.92 Å². The number of aromatic nitrogens is 5. The molecule has 0 aliphatic rings. The van der Waals surface area contributed by atoms with Gasteiger partial charge in [0.05, 0.1) is 23.6 Å². The smallest absolute Gasteiger partial charge is 0.140 e. The van der Waals surface area contributed by atoms with Gasteiger partial charge in [-0.2, -0.15) is 5.10 Å². The molecule has 0 aliphatic heterocycles. The summed E-state index contributed by atoms with van der Waals surface area (Å²) in [6.07, 6.45) is 1.62. The number of hydrogen-bond acceptors (Lipinski definition) is 4. The minimum Gasteiger partial charge on any atom is -0.330 e. The molecule has 2 heterocycles. The maximum Gasteiger partial charge on any atom is 0.140 e. The van der Waals surface area contributed by atoms with Crippen LogP contribution in [0.5, 0.6) is 0 Å². The van der Waals surface area contributed by atoms with Gasteiger partial charge in [0.15, 0.2) is 0 Å². The third-order valence-electron chi connectivity index (χ3n) is 4.01. The Morgan fingerprint density at radius 3 is 2.70 bits per heavy atom. The molecule has 3 rings (SSSR count). The molecule has 2 aromatic heterocycles. The monoisotopic (exact) mass is 312 g/mol. The van der Waals surface area contributed by atoms with Crippen LogP contribution in [0.1, 0.15) is 38.5 Å². The van der Waals surface area contributed by atoms with Crippen molar-refractivity contribution in [2.45, 2.75) is 39.9 Å². The van der Waals surface area contributed by atoms with E-state index < -0.39 is 0 Å². The van der Waals surface area contributed by atoms with Gasteiger partial charge in [-0.1, -0.05) is 26.0 Å². The van der Waals surface area contributed by atoms with Gasteiger partial charge < -0.3 is 9.88 Å². The number of rotatable bonds is 6. The number of para-hydroxylation sites is 2. The summed E-state index contributed by atoms with van der Waals surface area (Å²) >= 11 is 0. The predicted molar refractivity (Wildman–Crippen MR) is 90.8 cm³/mol. The van der Waals surface area contributed by atoms with E-state index >= 15 is 0 Å². The van der Waals surface area contributed by atoms with Crippen molar-refractivity contribution in [3.63, 3.8) is 0 Å². The van der Waals surface area contributed by atoms with E-state index in [-0.39, 0.29) is 6.04 Å². The molecule has 0 spiro atoms. The van der Waals surface area contributed by atoms with Crippen molar-refractivity contribution in [3.05, 3.63) is 42.2 Å². The zero-order valence-corrected chi connectivity index (χ0v) is 14.2. The van der Waals surface area contributed by atoms with E-state index in [1.807, 2.05) is 22.9 Å². The van der Waals surface area contributed by atoms with Crippen LogP contribution >= 0.6 is 0 Å². The number of aryl methyl sites for hydroxylation is 1. The lowest BCUT2D eigenvalue weighted by Gasteiger charge is -2.14. The van der Waals surface area contributed by atoms with Gasteiger partial charge in [0, 0.05) is 13.6 Å². The number of nitrogens with one attached hydrogen (secondary N) is 1. The first-order valence-electron chi connectivity index (χ1n) is 8.07. The van der Waals surface area contributed by atoms with Crippen molar-refractivity contribution in [1.29, 1.82) is 0 Å². The van der Waals surface area contributed by atoms with Crippen LogP contribution in [0.2, 0.25) is 0 Å². The van der Waals surface area contributed by atoms with Crippen molar-refractivity contribution >= 4 is 11.0 Å². The molecule has 1 unspecified atom stereocenters. The Bertz CT molecular complexity index is 785. The summed E-state index contributed by atoms with van der Waals surface area (Å²) in [4.78, 5) is 9.10. The SMILES string of the molecule is CC(C)Cn1ncnc1CNC(C)c1nc2ccccc2n1C. The fourth-order valence-corrected chi connectivity index (χ4v) is 2.81. The van der Waals surface area contributed by atoms with E-state index in [4.69, 9.17) is 4.98 Å². The number of hydrogen-bond donors (Lipinski definition) is 1. The molecule has 0 saturated carbocycles. The molecular formula is C17H24N6. The molecule has 6 nitrogen and oxygen atoms in total. The molecule has 122 valence electrons. The second-order valence-corrected chi connectivity index (χ2v) is 6.37. The molecule has 0 radical (unpaired) electrons. The van der Waals surface area contributed by atoms with Gasteiger partial charge in [-0.3, -0.25) is 0 Å². The molecular weight excluding hydrogens is 288 g/mol. The topological polar surface area (TPSA) is 60.6 Å². The maximum atomic E-state index is 4.74. The van der Waals surface area contributed by atoms with Gasteiger partial charge in [0.2, 0.25) is 0 Å². The quantitative estimate of drug-likeness (QED) is 0.760. The standard InChI is InChI=1S/C17H24N6/c1-12(2)10-23-16(19-11-20-23)9-18-13(3)17-21-14-7-5-6-8-15(14)22(17)4/h5-8,11-13,18H,9-10H2,1-4H3.